The van der Waals surface area contributed by atoms with E-state index in [-0.39, 0.29) is 36.1 Å². The first-order valence-corrected chi connectivity index (χ1v) is 14.0. The number of carbonyl (C=O) groups excluding carboxylic acids is 2. The van der Waals surface area contributed by atoms with Crippen LogP contribution in [0.4, 0.5) is 8.78 Å². The fourth-order valence-electron chi connectivity index (χ4n) is 4.71. The number of fused-ring (bicyclic) bond motifs is 1. The highest BCUT2D eigenvalue weighted by Gasteiger charge is 2.28. The van der Waals surface area contributed by atoms with Gasteiger partial charge in [-0.3, -0.25) is 4.79 Å². The molecule has 2 atom stereocenters. The zero-order chi connectivity index (χ0) is 27.5. The lowest BCUT2D eigenvalue weighted by Crippen LogP contribution is -2.27. The van der Waals surface area contributed by atoms with Gasteiger partial charge in [0.1, 0.15) is 5.75 Å². The molecule has 0 heterocycles. The number of aryl methyl sites for hydroxylation is 1. The van der Waals surface area contributed by atoms with Crippen LogP contribution < -0.4 is 9.47 Å². The van der Waals surface area contributed by atoms with E-state index in [1.807, 2.05) is 19.9 Å². The van der Waals surface area contributed by atoms with Crippen molar-refractivity contribution in [3.05, 3.63) is 58.7 Å². The number of carbonyl (C=O) groups is 2. The Morgan fingerprint density at radius 3 is 2.47 bits per heavy atom. The van der Waals surface area contributed by atoms with Crippen molar-refractivity contribution in [3.8, 4) is 11.5 Å². The predicted molar refractivity (Wildman–Crippen MR) is 143 cm³/mol. The third kappa shape index (κ3) is 8.27. The predicted octanol–water partition coefficient (Wildman–Crippen LogP) is 7.76. The molecule has 1 aliphatic carbocycles. The van der Waals surface area contributed by atoms with Gasteiger partial charge in [-0.25, -0.2) is 9.18 Å². The summed E-state index contributed by atoms with van der Waals surface area (Å²) in [6.45, 7) is 6.43. The zero-order valence-electron chi connectivity index (χ0n) is 22.8. The average Bonchev–Trinajstić information content (AvgIpc) is 2.91. The maximum atomic E-state index is 14.6. The summed E-state index contributed by atoms with van der Waals surface area (Å²) in [5.74, 6) is -3.81. The molecule has 0 aromatic heterocycles. The summed E-state index contributed by atoms with van der Waals surface area (Å²) >= 11 is 0. The van der Waals surface area contributed by atoms with E-state index < -0.39 is 23.2 Å². The van der Waals surface area contributed by atoms with Gasteiger partial charge in [-0.1, -0.05) is 52.0 Å². The molecule has 0 aliphatic heterocycles. The van der Waals surface area contributed by atoms with Gasteiger partial charge in [-0.05, 0) is 80.8 Å². The van der Waals surface area contributed by atoms with Crippen LogP contribution >= 0.6 is 0 Å². The van der Waals surface area contributed by atoms with E-state index in [9.17, 15) is 18.4 Å². The SMILES string of the molecule is CCCCCC[C@H](C)OC(=O)C1CCc2cc(OC(=O)c3ccc(OCCCCC)c(F)c3F)ccc2C1. The Morgan fingerprint density at radius 2 is 1.71 bits per heavy atom. The van der Waals surface area contributed by atoms with Crippen LogP contribution in [-0.4, -0.2) is 24.6 Å². The number of benzene rings is 2. The summed E-state index contributed by atoms with van der Waals surface area (Å²) in [4.78, 5) is 25.3. The highest BCUT2D eigenvalue weighted by Crippen LogP contribution is 2.31. The van der Waals surface area contributed by atoms with Gasteiger partial charge in [0.2, 0.25) is 5.82 Å². The quantitative estimate of drug-likeness (QED) is 0.142. The van der Waals surface area contributed by atoms with Gasteiger partial charge in [0.25, 0.3) is 0 Å². The molecule has 0 saturated carbocycles. The van der Waals surface area contributed by atoms with Crippen LogP contribution in [0.5, 0.6) is 11.5 Å². The third-order valence-electron chi connectivity index (χ3n) is 7.00. The molecular formula is C31H40F2O5. The maximum Gasteiger partial charge on any atom is 0.346 e. The first-order valence-electron chi connectivity index (χ1n) is 14.0. The molecule has 38 heavy (non-hydrogen) atoms. The van der Waals surface area contributed by atoms with Crippen LogP contribution in [0.1, 0.15) is 100 Å². The fourth-order valence-corrected chi connectivity index (χ4v) is 4.71. The molecule has 7 heteroatoms. The van der Waals surface area contributed by atoms with Gasteiger partial charge in [0.15, 0.2) is 11.6 Å². The molecule has 5 nitrogen and oxygen atoms in total. The van der Waals surface area contributed by atoms with Crippen molar-refractivity contribution in [2.75, 3.05) is 6.61 Å². The number of unbranched alkanes of at least 4 members (excludes halogenated alkanes) is 5. The molecule has 0 amide bonds. The highest BCUT2D eigenvalue weighted by atomic mass is 19.2. The topological polar surface area (TPSA) is 61.8 Å². The van der Waals surface area contributed by atoms with Crippen molar-refractivity contribution in [1.29, 1.82) is 0 Å². The minimum atomic E-state index is -1.29. The van der Waals surface area contributed by atoms with E-state index in [2.05, 4.69) is 6.92 Å². The van der Waals surface area contributed by atoms with Gasteiger partial charge < -0.3 is 14.2 Å². The van der Waals surface area contributed by atoms with E-state index >= 15 is 0 Å². The van der Waals surface area contributed by atoms with Crippen LogP contribution in [0, 0.1) is 17.6 Å². The van der Waals surface area contributed by atoms with Gasteiger partial charge in [0, 0.05) is 0 Å². The van der Waals surface area contributed by atoms with Crippen LogP contribution in [0.15, 0.2) is 30.3 Å². The molecule has 2 aromatic rings. The van der Waals surface area contributed by atoms with Crippen molar-refractivity contribution in [2.24, 2.45) is 5.92 Å². The summed E-state index contributed by atoms with van der Waals surface area (Å²) in [7, 11) is 0. The third-order valence-corrected chi connectivity index (χ3v) is 7.00. The molecule has 3 rings (SSSR count). The second kappa shape index (κ2) is 14.8. The molecule has 0 radical (unpaired) electrons. The summed E-state index contributed by atoms with van der Waals surface area (Å²) in [6.07, 6.45) is 9.87. The number of ether oxygens (including phenoxy) is 3. The molecule has 0 fully saturated rings. The Bertz CT molecular complexity index is 1080. The summed E-state index contributed by atoms with van der Waals surface area (Å²) in [5, 5.41) is 0. The smallest absolute Gasteiger partial charge is 0.346 e. The molecule has 0 spiro atoms. The van der Waals surface area contributed by atoms with Crippen LogP contribution in [0.25, 0.3) is 0 Å². The van der Waals surface area contributed by atoms with Gasteiger partial charge in [-0.2, -0.15) is 4.39 Å². The molecule has 1 aliphatic rings. The Balaban J connectivity index is 1.56. The van der Waals surface area contributed by atoms with Crippen molar-refractivity contribution < 1.29 is 32.6 Å². The molecule has 208 valence electrons. The summed E-state index contributed by atoms with van der Waals surface area (Å²) in [6, 6.07) is 7.58. The molecule has 2 aromatic carbocycles. The van der Waals surface area contributed by atoms with Crippen LogP contribution in [-0.2, 0) is 22.4 Å². The Hall–Kier alpha value is -2.96. The first-order chi connectivity index (χ1) is 18.3. The fraction of sp³-hybridized carbons (Fsp3) is 0.548. The maximum absolute atomic E-state index is 14.6. The number of hydrogen-bond acceptors (Lipinski definition) is 5. The number of rotatable bonds is 14. The summed E-state index contributed by atoms with van der Waals surface area (Å²) in [5.41, 5.74) is 1.47. The van der Waals surface area contributed by atoms with Gasteiger partial charge in [-0.15, -0.1) is 0 Å². The van der Waals surface area contributed by atoms with Crippen molar-refractivity contribution in [3.63, 3.8) is 0 Å². The van der Waals surface area contributed by atoms with E-state index in [4.69, 9.17) is 14.2 Å². The van der Waals surface area contributed by atoms with Gasteiger partial charge in [0.05, 0.1) is 24.2 Å². The van der Waals surface area contributed by atoms with E-state index in [0.717, 1.165) is 49.7 Å². The van der Waals surface area contributed by atoms with Gasteiger partial charge >= 0.3 is 11.9 Å². The number of hydrogen-bond donors (Lipinski definition) is 0. The minimum absolute atomic E-state index is 0.0885. The second-order valence-corrected chi connectivity index (χ2v) is 10.2. The van der Waals surface area contributed by atoms with Crippen molar-refractivity contribution in [1.82, 2.24) is 0 Å². The van der Waals surface area contributed by atoms with Crippen LogP contribution in [0.2, 0.25) is 0 Å². The van der Waals surface area contributed by atoms with Crippen molar-refractivity contribution >= 4 is 11.9 Å². The number of halogens is 2. The van der Waals surface area contributed by atoms with Crippen molar-refractivity contribution in [2.45, 2.75) is 97.5 Å². The average molecular weight is 531 g/mol. The molecule has 1 unspecified atom stereocenters. The van der Waals surface area contributed by atoms with E-state index in [1.165, 1.54) is 25.0 Å². The summed E-state index contributed by atoms with van der Waals surface area (Å²) < 4.78 is 45.4. The lowest BCUT2D eigenvalue weighted by molar-refractivity contribution is -0.154. The lowest BCUT2D eigenvalue weighted by atomic mass is 9.84. The minimum Gasteiger partial charge on any atom is -0.490 e. The normalized spacial score (nSPS) is 15.4. The van der Waals surface area contributed by atoms with E-state index in [0.29, 0.717) is 19.3 Å². The number of esters is 2. The molecule has 0 saturated heterocycles. The van der Waals surface area contributed by atoms with E-state index in [1.54, 1.807) is 12.1 Å². The molecule has 0 N–H and O–H groups in total. The Kier molecular flexibility index (Phi) is 11.6. The highest BCUT2D eigenvalue weighted by molar-refractivity contribution is 5.91. The Morgan fingerprint density at radius 1 is 0.947 bits per heavy atom. The monoisotopic (exact) mass is 530 g/mol. The first kappa shape index (κ1) is 29.6. The van der Waals surface area contributed by atoms with Crippen LogP contribution in [0.3, 0.4) is 0 Å². The molecular weight excluding hydrogens is 490 g/mol. The standard InChI is InChI=1S/C31H40F2O5/c1-4-6-8-9-11-21(3)37-30(34)24-13-12-23-20-25(15-14-22(23)19-24)38-31(35)26-16-17-27(29(33)28(26)32)36-18-10-7-5-2/h14-17,20-21,24H,4-13,18-19H2,1-3H3/t21-,24?/m0/s1. The zero-order valence-corrected chi connectivity index (χ0v) is 22.8. The Labute approximate surface area is 224 Å². The second-order valence-electron chi connectivity index (χ2n) is 10.2. The molecule has 0 bridgehead atoms. The lowest BCUT2D eigenvalue weighted by Gasteiger charge is -2.25. The largest absolute Gasteiger partial charge is 0.490 e.